The van der Waals surface area contributed by atoms with Gasteiger partial charge in [0.1, 0.15) is 29.7 Å². The van der Waals surface area contributed by atoms with Crippen molar-refractivity contribution in [1.82, 2.24) is 14.3 Å². The summed E-state index contributed by atoms with van der Waals surface area (Å²) >= 11 is 5.76. The maximum absolute atomic E-state index is 15.2. The Morgan fingerprint density at radius 3 is 2.59 bits per heavy atom. The number of ether oxygens (including phenoxy) is 2. The van der Waals surface area contributed by atoms with E-state index in [4.69, 9.17) is 21.1 Å². The molecule has 37 heavy (non-hydrogen) atoms. The number of fused-ring (bicyclic) bond motifs is 1. The van der Waals surface area contributed by atoms with Crippen molar-refractivity contribution in [3.63, 3.8) is 0 Å². The molecule has 0 fully saturated rings. The Morgan fingerprint density at radius 2 is 1.92 bits per heavy atom. The van der Waals surface area contributed by atoms with E-state index in [1.165, 1.54) is 4.57 Å². The summed E-state index contributed by atoms with van der Waals surface area (Å²) in [7, 11) is 0. The normalized spacial score (nSPS) is 14.6. The van der Waals surface area contributed by atoms with Crippen molar-refractivity contribution < 1.29 is 40.6 Å². The van der Waals surface area contributed by atoms with Crippen molar-refractivity contribution in [3.8, 4) is 11.4 Å². The zero-order valence-electron chi connectivity index (χ0n) is 18.8. The first-order chi connectivity index (χ1) is 17.4. The van der Waals surface area contributed by atoms with Crippen LogP contribution in [0.15, 0.2) is 29.1 Å². The van der Waals surface area contributed by atoms with E-state index < -0.39 is 69.0 Å². The molecule has 1 amide bonds. The molecular weight excluding hydrogens is 534 g/mol. The van der Waals surface area contributed by atoms with Gasteiger partial charge in [-0.25, -0.2) is 18.0 Å². The summed E-state index contributed by atoms with van der Waals surface area (Å²) in [5, 5.41) is 5.43. The van der Waals surface area contributed by atoms with Crippen molar-refractivity contribution in [2.75, 3.05) is 11.9 Å². The lowest BCUT2D eigenvalue weighted by atomic mass is 10.1. The number of hydrogen-bond acceptors (Lipinski definition) is 5. The number of halogens is 7. The van der Waals surface area contributed by atoms with Crippen LogP contribution in [0.4, 0.5) is 32.0 Å². The van der Waals surface area contributed by atoms with Gasteiger partial charge in [0.2, 0.25) is 0 Å². The van der Waals surface area contributed by atoms with E-state index in [0.717, 1.165) is 0 Å². The van der Waals surface area contributed by atoms with Crippen LogP contribution in [-0.4, -0.2) is 39.1 Å². The number of rotatable bonds is 5. The smallest absolute Gasteiger partial charge is 0.425 e. The fraction of sp³-hybridized carbons (Fsp3) is 0.318. The quantitative estimate of drug-likeness (QED) is 0.469. The van der Waals surface area contributed by atoms with Crippen LogP contribution in [0.1, 0.15) is 29.5 Å². The average molecular weight is 551 g/mol. The number of alkyl halides is 3. The molecule has 3 aromatic rings. The zero-order chi connectivity index (χ0) is 27.1. The van der Waals surface area contributed by atoms with Crippen LogP contribution in [0.5, 0.6) is 5.75 Å². The van der Waals surface area contributed by atoms with E-state index in [1.54, 1.807) is 0 Å². The zero-order valence-corrected chi connectivity index (χ0v) is 19.6. The van der Waals surface area contributed by atoms with Gasteiger partial charge in [0, 0.05) is 25.3 Å². The van der Waals surface area contributed by atoms with Crippen molar-refractivity contribution in [3.05, 3.63) is 68.6 Å². The Bertz CT molecular complexity index is 1400. The van der Waals surface area contributed by atoms with Crippen molar-refractivity contribution in [2.45, 2.75) is 38.8 Å². The van der Waals surface area contributed by atoms with Gasteiger partial charge in [0.15, 0.2) is 17.7 Å². The Labute approximate surface area is 209 Å². The van der Waals surface area contributed by atoms with Crippen LogP contribution >= 0.6 is 11.6 Å². The van der Waals surface area contributed by atoms with Crippen molar-refractivity contribution >= 4 is 23.2 Å². The molecule has 2 heterocycles. The predicted octanol–water partition coefficient (Wildman–Crippen LogP) is 4.61. The lowest BCUT2D eigenvalue weighted by Gasteiger charge is -2.20. The molecule has 4 rings (SSSR count). The maximum atomic E-state index is 15.2. The topological polar surface area (TPSA) is 87.4 Å². The monoisotopic (exact) mass is 550 g/mol. The number of nitrogens with one attached hydrogen (secondary N) is 1. The summed E-state index contributed by atoms with van der Waals surface area (Å²) in [5.41, 5.74) is -2.86. The number of anilines is 1. The number of aromatic nitrogens is 3. The van der Waals surface area contributed by atoms with Gasteiger partial charge in [0.05, 0.1) is 16.3 Å². The van der Waals surface area contributed by atoms with E-state index in [0.29, 0.717) is 48.9 Å². The van der Waals surface area contributed by atoms with Crippen LogP contribution in [0, 0.1) is 17.5 Å². The molecule has 198 valence electrons. The molecule has 0 saturated carbocycles. The molecule has 8 nitrogen and oxygen atoms in total. The second-order valence-electron chi connectivity index (χ2n) is 7.97. The molecule has 0 radical (unpaired) electrons. The highest BCUT2D eigenvalue weighted by atomic mass is 35.5. The fourth-order valence-electron chi connectivity index (χ4n) is 3.49. The van der Waals surface area contributed by atoms with Crippen molar-refractivity contribution in [1.29, 1.82) is 0 Å². The molecule has 15 heteroatoms. The molecule has 0 bridgehead atoms. The van der Waals surface area contributed by atoms with E-state index in [-0.39, 0.29) is 19.0 Å². The number of carbonyl (C=O) groups excluding carboxylic acids is 1. The third-order valence-electron chi connectivity index (χ3n) is 5.37. The van der Waals surface area contributed by atoms with Crippen LogP contribution in [0.25, 0.3) is 5.69 Å². The number of nitrogens with zero attached hydrogens (tertiary/aromatic N) is 3. The predicted molar refractivity (Wildman–Crippen MR) is 118 cm³/mol. The highest BCUT2D eigenvalue weighted by molar-refractivity contribution is 6.34. The number of amides is 1. The lowest BCUT2D eigenvalue weighted by Crippen LogP contribution is -2.32. The fourth-order valence-corrected chi connectivity index (χ4v) is 3.73. The lowest BCUT2D eigenvalue weighted by molar-refractivity contribution is -0.189. The molecule has 1 aliphatic heterocycles. The van der Waals surface area contributed by atoms with E-state index in [9.17, 15) is 31.5 Å². The largest absolute Gasteiger partial charge is 0.480 e. The first-order valence-electron chi connectivity index (χ1n) is 10.7. The van der Waals surface area contributed by atoms with Gasteiger partial charge in [-0.3, -0.25) is 9.36 Å². The molecule has 1 aromatic heterocycles. The summed E-state index contributed by atoms with van der Waals surface area (Å²) in [4.78, 5) is 25.7. The molecule has 1 aliphatic rings. The highest BCUT2D eigenvalue weighted by Crippen LogP contribution is 2.32. The molecule has 0 saturated heterocycles. The van der Waals surface area contributed by atoms with Crippen LogP contribution in [0.3, 0.4) is 0 Å². The minimum Gasteiger partial charge on any atom is -0.480 e. The Balaban J connectivity index is 1.80. The van der Waals surface area contributed by atoms with Gasteiger partial charge in [-0.15, -0.1) is 5.10 Å². The Hall–Kier alpha value is -3.52. The highest BCUT2D eigenvalue weighted by Gasteiger charge is 2.39. The third kappa shape index (κ3) is 5.44. The third-order valence-corrected chi connectivity index (χ3v) is 5.67. The SMILES string of the molecule is C[C@H](Oc1cc(-n2nc3n(c2=O)CCCOC3)c(F)cc1C(=O)Nc1c(F)cc(F)cc1Cl)C(F)(F)F. The number of benzene rings is 2. The molecule has 2 aromatic carbocycles. The standard InChI is InChI=1S/C22H17ClF6N4O4/c1-10(22(27,28)29)37-17-8-16(33-21(35)32-3-2-4-36-9-18(32)31-33)14(25)7-12(17)20(34)30-19-13(23)5-11(24)6-15(19)26/h5-8,10H,2-4,9H2,1H3,(H,30,34)/t10-/m0/s1. The molecule has 1 atom stereocenters. The van der Waals surface area contributed by atoms with E-state index in [2.05, 4.69) is 5.10 Å². The summed E-state index contributed by atoms with van der Waals surface area (Å²) in [6.07, 6.45) is -6.87. The van der Waals surface area contributed by atoms with Gasteiger partial charge >= 0.3 is 11.9 Å². The van der Waals surface area contributed by atoms with Gasteiger partial charge in [0.25, 0.3) is 5.91 Å². The Morgan fingerprint density at radius 1 is 1.19 bits per heavy atom. The molecule has 0 spiro atoms. The molecule has 1 N–H and O–H groups in total. The molecule has 0 aliphatic carbocycles. The summed E-state index contributed by atoms with van der Waals surface area (Å²) in [6.45, 7) is 1.17. The van der Waals surface area contributed by atoms with Crippen LogP contribution in [-0.2, 0) is 17.9 Å². The Kier molecular flexibility index (Phi) is 7.24. The summed E-state index contributed by atoms with van der Waals surface area (Å²) < 4.78 is 94.4. The first-order valence-corrected chi connectivity index (χ1v) is 11.0. The van der Waals surface area contributed by atoms with Gasteiger partial charge < -0.3 is 14.8 Å². The second-order valence-corrected chi connectivity index (χ2v) is 8.38. The van der Waals surface area contributed by atoms with E-state index >= 15 is 4.39 Å². The number of hydrogen-bond donors (Lipinski definition) is 1. The molecule has 0 unspecified atom stereocenters. The second kappa shape index (κ2) is 10.1. The van der Waals surface area contributed by atoms with Crippen LogP contribution in [0.2, 0.25) is 5.02 Å². The first kappa shape index (κ1) is 26.5. The van der Waals surface area contributed by atoms with E-state index in [1.807, 2.05) is 5.32 Å². The molecular formula is C22H17ClF6N4O4. The van der Waals surface area contributed by atoms with Gasteiger partial charge in [-0.1, -0.05) is 11.6 Å². The average Bonchev–Trinajstić information content (AvgIpc) is 2.96. The van der Waals surface area contributed by atoms with Gasteiger partial charge in [-0.2, -0.15) is 17.9 Å². The van der Waals surface area contributed by atoms with Gasteiger partial charge in [-0.05, 0) is 25.5 Å². The summed E-state index contributed by atoms with van der Waals surface area (Å²) in [5.74, 6) is -5.49. The maximum Gasteiger partial charge on any atom is 0.425 e. The minimum absolute atomic E-state index is 0.0528. The summed E-state index contributed by atoms with van der Waals surface area (Å²) in [6, 6.07) is 2.30. The minimum atomic E-state index is -4.88. The van der Waals surface area contributed by atoms with Crippen LogP contribution < -0.4 is 15.7 Å². The number of carbonyl (C=O) groups is 1. The van der Waals surface area contributed by atoms with Crippen molar-refractivity contribution in [2.24, 2.45) is 0 Å².